The Morgan fingerprint density at radius 2 is 2.13 bits per heavy atom. The summed E-state index contributed by atoms with van der Waals surface area (Å²) in [6.45, 7) is 1.65. The number of aliphatic hydroxyl groups excluding tert-OH is 1. The molecular weight excluding hydrogens is 186 g/mol. The smallest absolute Gasteiger partial charge is 0.0667 e. The molecule has 1 saturated carbocycles. The highest BCUT2D eigenvalue weighted by Crippen LogP contribution is 2.28. The van der Waals surface area contributed by atoms with Crippen molar-refractivity contribution in [1.29, 1.82) is 0 Å². The van der Waals surface area contributed by atoms with Crippen LogP contribution >= 0.6 is 0 Å². The quantitative estimate of drug-likeness (QED) is 0.496. The molecule has 15 heavy (non-hydrogen) atoms. The van der Waals surface area contributed by atoms with Gasteiger partial charge in [-0.3, -0.25) is 0 Å². The number of terminal acetylenes is 1. The summed E-state index contributed by atoms with van der Waals surface area (Å²) in [5, 5.41) is 13.0. The van der Waals surface area contributed by atoms with Crippen LogP contribution in [0.5, 0.6) is 0 Å². The summed E-state index contributed by atoms with van der Waals surface area (Å²) in [6.07, 6.45) is 13.1. The molecule has 1 aliphatic carbocycles. The van der Waals surface area contributed by atoms with Gasteiger partial charge in [-0.2, -0.15) is 0 Å². The van der Waals surface area contributed by atoms with E-state index in [2.05, 4.69) is 11.2 Å². The molecule has 0 aromatic rings. The van der Waals surface area contributed by atoms with Crippen molar-refractivity contribution in [3.05, 3.63) is 0 Å². The Kier molecular flexibility index (Phi) is 6.47. The van der Waals surface area contributed by atoms with Crippen molar-refractivity contribution in [2.45, 2.75) is 51.0 Å². The van der Waals surface area contributed by atoms with Gasteiger partial charge in [0.05, 0.1) is 6.10 Å². The highest BCUT2D eigenvalue weighted by atomic mass is 16.3. The van der Waals surface area contributed by atoms with E-state index in [4.69, 9.17) is 6.42 Å². The summed E-state index contributed by atoms with van der Waals surface area (Å²) in [5.41, 5.74) is 0. The van der Waals surface area contributed by atoms with Gasteiger partial charge in [-0.05, 0) is 25.3 Å². The molecule has 86 valence electrons. The van der Waals surface area contributed by atoms with E-state index in [0.29, 0.717) is 0 Å². The lowest BCUT2D eigenvalue weighted by molar-refractivity contribution is 0.141. The summed E-state index contributed by atoms with van der Waals surface area (Å²) < 4.78 is 0. The van der Waals surface area contributed by atoms with Crippen LogP contribution in [0.15, 0.2) is 0 Å². The largest absolute Gasteiger partial charge is 0.392 e. The van der Waals surface area contributed by atoms with Gasteiger partial charge in [0.25, 0.3) is 0 Å². The standard InChI is InChI=1S/C13H23NO/c1-2-3-6-9-14-11-13(15)10-12-7-4-5-8-12/h1,12-15H,3-11H2. The van der Waals surface area contributed by atoms with Gasteiger partial charge < -0.3 is 10.4 Å². The number of hydrogen-bond donors (Lipinski definition) is 2. The molecule has 1 aliphatic rings. The van der Waals surface area contributed by atoms with Crippen LogP contribution in [0.3, 0.4) is 0 Å². The number of aliphatic hydroxyl groups is 1. The third kappa shape index (κ3) is 5.81. The number of nitrogens with one attached hydrogen (secondary N) is 1. The number of unbranched alkanes of at least 4 members (excludes halogenated alkanes) is 1. The van der Waals surface area contributed by atoms with Gasteiger partial charge in [0.15, 0.2) is 0 Å². The van der Waals surface area contributed by atoms with E-state index >= 15 is 0 Å². The van der Waals surface area contributed by atoms with Crippen LogP contribution in [0, 0.1) is 18.3 Å². The van der Waals surface area contributed by atoms with E-state index in [9.17, 15) is 5.11 Å². The second kappa shape index (κ2) is 7.73. The van der Waals surface area contributed by atoms with Crippen LogP contribution in [-0.4, -0.2) is 24.3 Å². The number of rotatable bonds is 7. The summed E-state index contributed by atoms with van der Waals surface area (Å²) >= 11 is 0. The van der Waals surface area contributed by atoms with Gasteiger partial charge in [0, 0.05) is 13.0 Å². The highest BCUT2D eigenvalue weighted by molar-refractivity contribution is 4.83. The van der Waals surface area contributed by atoms with Crippen molar-refractivity contribution in [3.63, 3.8) is 0 Å². The van der Waals surface area contributed by atoms with Crippen molar-refractivity contribution in [1.82, 2.24) is 5.32 Å². The van der Waals surface area contributed by atoms with Gasteiger partial charge >= 0.3 is 0 Å². The minimum Gasteiger partial charge on any atom is -0.392 e. The first-order valence-electron chi connectivity index (χ1n) is 6.15. The topological polar surface area (TPSA) is 32.3 Å². The van der Waals surface area contributed by atoms with Crippen molar-refractivity contribution in [2.24, 2.45) is 5.92 Å². The van der Waals surface area contributed by atoms with Gasteiger partial charge in [-0.25, -0.2) is 0 Å². The Hall–Kier alpha value is -0.520. The van der Waals surface area contributed by atoms with Crippen molar-refractivity contribution in [2.75, 3.05) is 13.1 Å². The second-order valence-corrected chi connectivity index (χ2v) is 4.55. The third-order valence-electron chi connectivity index (χ3n) is 3.13. The van der Waals surface area contributed by atoms with Crippen LogP contribution in [-0.2, 0) is 0 Å². The van der Waals surface area contributed by atoms with Gasteiger partial charge in [0.1, 0.15) is 0 Å². The predicted molar refractivity (Wildman–Crippen MR) is 63.5 cm³/mol. The maximum atomic E-state index is 9.76. The Morgan fingerprint density at radius 3 is 2.80 bits per heavy atom. The zero-order valence-corrected chi connectivity index (χ0v) is 9.54. The number of hydrogen-bond acceptors (Lipinski definition) is 2. The molecule has 0 radical (unpaired) electrons. The minimum absolute atomic E-state index is 0.168. The van der Waals surface area contributed by atoms with Crippen molar-refractivity contribution < 1.29 is 5.11 Å². The first-order valence-corrected chi connectivity index (χ1v) is 6.15. The molecule has 0 amide bonds. The van der Waals surface area contributed by atoms with E-state index in [0.717, 1.165) is 38.3 Å². The third-order valence-corrected chi connectivity index (χ3v) is 3.13. The predicted octanol–water partition coefficient (Wildman–Crippen LogP) is 1.93. The van der Waals surface area contributed by atoms with Gasteiger partial charge in [-0.15, -0.1) is 12.3 Å². The summed E-state index contributed by atoms with van der Waals surface area (Å²) in [5.74, 6) is 3.38. The highest BCUT2D eigenvalue weighted by Gasteiger charge is 2.18. The van der Waals surface area contributed by atoms with Crippen LogP contribution in [0.1, 0.15) is 44.9 Å². The molecule has 2 heteroatoms. The fraction of sp³-hybridized carbons (Fsp3) is 0.846. The summed E-state index contributed by atoms with van der Waals surface area (Å²) in [4.78, 5) is 0. The maximum absolute atomic E-state index is 9.76. The lowest BCUT2D eigenvalue weighted by atomic mass is 10.00. The van der Waals surface area contributed by atoms with Crippen LogP contribution in [0.4, 0.5) is 0 Å². The average Bonchev–Trinajstić information content (AvgIpc) is 2.70. The molecule has 0 aromatic heterocycles. The molecule has 0 aromatic carbocycles. The summed E-state index contributed by atoms with van der Waals surface area (Å²) in [6, 6.07) is 0. The lowest BCUT2D eigenvalue weighted by Gasteiger charge is -2.15. The van der Waals surface area contributed by atoms with E-state index in [1.165, 1.54) is 25.7 Å². The van der Waals surface area contributed by atoms with Crippen LogP contribution in [0.2, 0.25) is 0 Å². The fourth-order valence-corrected chi connectivity index (χ4v) is 2.30. The van der Waals surface area contributed by atoms with Gasteiger partial charge in [-0.1, -0.05) is 25.7 Å². The van der Waals surface area contributed by atoms with E-state index in [-0.39, 0.29) is 6.10 Å². The SMILES string of the molecule is C#CCCCNCC(O)CC1CCCC1. The Balaban J connectivity index is 1.93. The first kappa shape index (κ1) is 12.5. The fourth-order valence-electron chi connectivity index (χ4n) is 2.30. The molecule has 1 unspecified atom stereocenters. The second-order valence-electron chi connectivity index (χ2n) is 4.55. The average molecular weight is 209 g/mol. The molecule has 0 aliphatic heterocycles. The molecular formula is C13H23NO. The molecule has 2 nitrogen and oxygen atoms in total. The van der Waals surface area contributed by atoms with Gasteiger partial charge in [0.2, 0.25) is 0 Å². The molecule has 0 heterocycles. The molecule has 2 N–H and O–H groups in total. The first-order chi connectivity index (χ1) is 7.33. The summed E-state index contributed by atoms with van der Waals surface area (Å²) in [7, 11) is 0. The zero-order valence-electron chi connectivity index (χ0n) is 9.54. The van der Waals surface area contributed by atoms with Crippen LogP contribution < -0.4 is 5.32 Å². The molecule has 0 saturated heterocycles. The minimum atomic E-state index is -0.168. The maximum Gasteiger partial charge on any atom is 0.0667 e. The molecule has 1 rings (SSSR count). The Bertz CT molecular complexity index is 191. The van der Waals surface area contributed by atoms with Crippen molar-refractivity contribution in [3.8, 4) is 12.3 Å². The normalized spacial score (nSPS) is 18.9. The Labute approximate surface area is 93.5 Å². The molecule has 1 atom stereocenters. The molecule has 0 spiro atoms. The zero-order chi connectivity index (χ0) is 10.9. The van der Waals surface area contributed by atoms with E-state index in [1.54, 1.807) is 0 Å². The monoisotopic (exact) mass is 209 g/mol. The lowest BCUT2D eigenvalue weighted by Crippen LogP contribution is -2.28. The van der Waals surface area contributed by atoms with E-state index in [1.807, 2.05) is 0 Å². The molecule has 0 bridgehead atoms. The van der Waals surface area contributed by atoms with Crippen molar-refractivity contribution >= 4 is 0 Å². The van der Waals surface area contributed by atoms with Crippen LogP contribution in [0.25, 0.3) is 0 Å². The molecule has 1 fully saturated rings. The Morgan fingerprint density at radius 1 is 1.40 bits per heavy atom. The van der Waals surface area contributed by atoms with E-state index < -0.39 is 0 Å².